The van der Waals surface area contributed by atoms with E-state index in [1.807, 2.05) is 24.3 Å². The third-order valence-corrected chi connectivity index (χ3v) is 4.34. The predicted octanol–water partition coefficient (Wildman–Crippen LogP) is 6.05. The highest BCUT2D eigenvalue weighted by Crippen LogP contribution is 2.17. The quantitative estimate of drug-likeness (QED) is 0.196. The second kappa shape index (κ2) is 13.7. The molecule has 1 N–H and O–H groups in total. The Bertz CT molecular complexity index is 929. The third kappa shape index (κ3) is 9.68. The number of carboxylic acid groups (broad SMARTS) is 1. The molecule has 0 amide bonds. The molecule has 0 aliphatic heterocycles. The summed E-state index contributed by atoms with van der Waals surface area (Å²) in [5.74, 6) is -0.0872. The van der Waals surface area contributed by atoms with E-state index < -0.39 is 11.9 Å². The Hall–Kier alpha value is -3.52. The van der Waals surface area contributed by atoms with Crippen molar-refractivity contribution in [3.8, 4) is 11.5 Å². The van der Waals surface area contributed by atoms with E-state index in [0.29, 0.717) is 30.1 Å². The van der Waals surface area contributed by atoms with Crippen LogP contribution in [0.2, 0.25) is 0 Å². The number of ether oxygens (including phenoxy) is 2. The van der Waals surface area contributed by atoms with Gasteiger partial charge in [0.25, 0.3) is 0 Å². The monoisotopic (exact) mass is 420 g/mol. The number of carbonyl (C=O) groups excluding carboxylic acids is 1. The van der Waals surface area contributed by atoms with Gasteiger partial charge in [-0.3, -0.25) is 4.79 Å². The highest BCUT2D eigenvalue weighted by Gasteiger charge is 2.09. The molecule has 162 valence electrons. The van der Waals surface area contributed by atoms with Gasteiger partial charge in [0.2, 0.25) is 0 Å². The van der Waals surface area contributed by atoms with Crippen molar-refractivity contribution in [3.05, 3.63) is 77.2 Å². The van der Waals surface area contributed by atoms with Gasteiger partial charge < -0.3 is 14.6 Å². The van der Waals surface area contributed by atoms with E-state index in [-0.39, 0.29) is 6.42 Å². The minimum absolute atomic E-state index is 0.184. The van der Waals surface area contributed by atoms with Gasteiger partial charge in [0.15, 0.2) is 0 Å². The summed E-state index contributed by atoms with van der Waals surface area (Å²) in [6.07, 6.45) is 8.26. The highest BCUT2D eigenvalue weighted by atomic mass is 16.5. The van der Waals surface area contributed by atoms with E-state index in [4.69, 9.17) is 14.6 Å². The molecule has 0 saturated carbocycles. The van der Waals surface area contributed by atoms with Crippen LogP contribution in [0, 0.1) is 0 Å². The van der Waals surface area contributed by atoms with E-state index in [2.05, 4.69) is 18.4 Å². The van der Waals surface area contributed by atoms with Crippen molar-refractivity contribution in [1.82, 2.24) is 0 Å². The lowest BCUT2D eigenvalue weighted by Gasteiger charge is -2.07. The number of rotatable bonds is 12. The Morgan fingerprint density at radius 2 is 1.65 bits per heavy atom. The lowest BCUT2D eigenvalue weighted by molar-refractivity contribution is -0.137. The number of benzene rings is 2. The van der Waals surface area contributed by atoms with Crippen molar-refractivity contribution < 1.29 is 24.2 Å². The average molecular weight is 421 g/mol. The molecule has 0 bridgehead atoms. The number of hydrogen-bond acceptors (Lipinski definition) is 4. The van der Waals surface area contributed by atoms with Gasteiger partial charge in [-0.05, 0) is 79.8 Å². The van der Waals surface area contributed by atoms with Gasteiger partial charge >= 0.3 is 11.9 Å². The number of aliphatic carboxylic acids is 1. The van der Waals surface area contributed by atoms with Crippen LogP contribution in [0.4, 0.5) is 0 Å². The van der Waals surface area contributed by atoms with Crippen molar-refractivity contribution >= 4 is 18.0 Å². The van der Waals surface area contributed by atoms with Crippen LogP contribution in [0.25, 0.3) is 6.08 Å². The van der Waals surface area contributed by atoms with Gasteiger partial charge in [-0.15, -0.1) is 0 Å². The Morgan fingerprint density at radius 1 is 0.935 bits per heavy atom. The Balaban J connectivity index is 1.80. The van der Waals surface area contributed by atoms with Gasteiger partial charge in [0.1, 0.15) is 11.5 Å². The second-order valence-electron chi connectivity index (χ2n) is 6.96. The summed E-state index contributed by atoms with van der Waals surface area (Å²) in [5.41, 5.74) is 7.35. The van der Waals surface area contributed by atoms with E-state index in [9.17, 15) is 9.59 Å². The number of carbonyl (C=O) groups is 2. The van der Waals surface area contributed by atoms with Crippen molar-refractivity contribution in [1.29, 1.82) is 0 Å². The van der Waals surface area contributed by atoms with Crippen molar-refractivity contribution in [2.75, 3.05) is 6.61 Å². The first-order valence-electron chi connectivity index (χ1n) is 10.5. The first-order valence-corrected chi connectivity index (χ1v) is 10.5. The molecule has 0 heterocycles. The zero-order chi connectivity index (χ0) is 22.3. The maximum atomic E-state index is 12.3. The number of unbranched alkanes of at least 4 members (excludes halogenated alkanes) is 3. The van der Waals surface area contributed by atoms with E-state index in [0.717, 1.165) is 31.2 Å². The molecule has 0 radical (unpaired) electrons. The fraction of sp³-hybridized carbons (Fsp3) is 0.308. The minimum atomic E-state index is -0.774. The zero-order valence-corrected chi connectivity index (χ0v) is 17.8. The van der Waals surface area contributed by atoms with Gasteiger partial charge in [0, 0.05) is 6.42 Å². The molecule has 2 rings (SSSR count). The summed E-state index contributed by atoms with van der Waals surface area (Å²) < 4.78 is 11.0. The largest absolute Gasteiger partial charge is 0.494 e. The standard InChI is InChI=1S/C26H28O5/c1-2-3-4-5-7-10-21-12-16-24(17-13-21)31-26(29)22-14-18-23(19-15-22)30-20-9-6-8-11-25(27)28/h4,10,12-19H,2-3,6,8-9,11,20H2,1H3,(H,27,28). The lowest BCUT2D eigenvalue weighted by atomic mass is 10.2. The molecule has 31 heavy (non-hydrogen) atoms. The normalized spacial score (nSPS) is 9.84. The molecule has 0 saturated heterocycles. The summed E-state index contributed by atoms with van der Waals surface area (Å²) in [7, 11) is 0. The van der Waals surface area contributed by atoms with Crippen molar-refractivity contribution in [2.45, 2.75) is 45.4 Å². The smallest absolute Gasteiger partial charge is 0.343 e. The number of hydrogen-bond donors (Lipinski definition) is 1. The summed E-state index contributed by atoms with van der Waals surface area (Å²) in [5, 5.41) is 8.60. The van der Waals surface area contributed by atoms with Gasteiger partial charge in [-0.25, -0.2) is 4.79 Å². The molecule has 0 unspecified atom stereocenters. The molecule has 5 heteroatoms. The van der Waals surface area contributed by atoms with Crippen molar-refractivity contribution in [2.24, 2.45) is 0 Å². The Labute approximate surface area is 183 Å². The fourth-order valence-electron chi connectivity index (χ4n) is 2.63. The van der Waals surface area contributed by atoms with Crippen LogP contribution < -0.4 is 9.47 Å². The van der Waals surface area contributed by atoms with Crippen LogP contribution in [0.15, 0.2) is 66.1 Å². The first kappa shape index (κ1) is 23.8. The van der Waals surface area contributed by atoms with E-state index in [1.165, 1.54) is 0 Å². The number of esters is 1. The molecule has 2 aromatic rings. The summed E-state index contributed by atoms with van der Waals surface area (Å²) in [6.45, 7) is 2.62. The number of carboxylic acids is 1. The highest BCUT2D eigenvalue weighted by molar-refractivity contribution is 5.91. The average Bonchev–Trinajstić information content (AvgIpc) is 2.77. The summed E-state index contributed by atoms with van der Waals surface area (Å²) >= 11 is 0. The topological polar surface area (TPSA) is 72.8 Å². The molecule has 0 fully saturated rings. The van der Waals surface area contributed by atoms with Crippen molar-refractivity contribution in [3.63, 3.8) is 0 Å². The van der Waals surface area contributed by atoms with E-state index >= 15 is 0 Å². The molecule has 0 aromatic heterocycles. The van der Waals surface area contributed by atoms with Gasteiger partial charge in [-0.2, -0.15) is 0 Å². The molecule has 0 aliphatic rings. The Morgan fingerprint density at radius 3 is 2.32 bits per heavy atom. The summed E-state index contributed by atoms with van der Waals surface area (Å²) in [4.78, 5) is 22.8. The molecule has 5 nitrogen and oxygen atoms in total. The molecule has 2 aromatic carbocycles. The second-order valence-corrected chi connectivity index (χ2v) is 6.96. The lowest BCUT2D eigenvalue weighted by Crippen LogP contribution is -2.08. The van der Waals surface area contributed by atoms with Crippen LogP contribution >= 0.6 is 0 Å². The molecular formula is C26H28O5. The predicted molar refractivity (Wildman–Crippen MR) is 120 cm³/mol. The molecule has 0 atom stereocenters. The maximum absolute atomic E-state index is 12.3. The fourth-order valence-corrected chi connectivity index (χ4v) is 2.63. The molecule has 0 aliphatic carbocycles. The zero-order valence-electron chi connectivity index (χ0n) is 17.8. The van der Waals surface area contributed by atoms with Crippen LogP contribution in [-0.2, 0) is 4.79 Å². The van der Waals surface area contributed by atoms with Crippen LogP contribution in [0.1, 0.15) is 61.4 Å². The van der Waals surface area contributed by atoms with Gasteiger partial charge in [-0.1, -0.05) is 36.9 Å². The van der Waals surface area contributed by atoms with Crippen LogP contribution in [0.5, 0.6) is 11.5 Å². The molecule has 0 spiro atoms. The Kier molecular flexibility index (Phi) is 10.5. The SMILES string of the molecule is CCCC=C=C=Cc1ccc(OC(=O)c2ccc(OCCCCCC(=O)O)cc2)cc1. The third-order valence-electron chi connectivity index (χ3n) is 4.34. The van der Waals surface area contributed by atoms with Crippen LogP contribution in [-0.4, -0.2) is 23.7 Å². The number of allylic oxidation sites excluding steroid dienone is 1. The van der Waals surface area contributed by atoms with Gasteiger partial charge in [0.05, 0.1) is 12.2 Å². The summed E-state index contributed by atoms with van der Waals surface area (Å²) in [6, 6.07) is 13.9. The minimum Gasteiger partial charge on any atom is -0.494 e. The van der Waals surface area contributed by atoms with E-state index in [1.54, 1.807) is 36.4 Å². The molecular weight excluding hydrogens is 392 g/mol. The van der Waals surface area contributed by atoms with Crippen LogP contribution in [0.3, 0.4) is 0 Å². The first-order chi connectivity index (χ1) is 15.1. The maximum Gasteiger partial charge on any atom is 0.343 e.